The number of aromatic nitrogens is 2. The van der Waals surface area contributed by atoms with Crippen molar-refractivity contribution in [3.05, 3.63) is 89.6 Å². The van der Waals surface area contributed by atoms with E-state index in [0.717, 1.165) is 29.0 Å². The van der Waals surface area contributed by atoms with Gasteiger partial charge in [0.15, 0.2) is 11.0 Å². The summed E-state index contributed by atoms with van der Waals surface area (Å²) >= 11 is 1.37. The fraction of sp³-hybridized carbons (Fsp3) is 0.217. The molecule has 8 heteroatoms. The lowest BCUT2D eigenvalue weighted by atomic mass is 10.0. The lowest BCUT2D eigenvalue weighted by molar-refractivity contribution is -0.122. The number of nitrogens with zero attached hydrogens (tertiary/aromatic N) is 4. The lowest BCUT2D eigenvalue weighted by Crippen LogP contribution is -2.39. The molecule has 2 N–H and O–H groups in total. The second kappa shape index (κ2) is 9.72. The molecule has 2 aromatic carbocycles. The van der Waals surface area contributed by atoms with Gasteiger partial charge in [-0.25, -0.2) is 10.9 Å². The van der Waals surface area contributed by atoms with E-state index in [1.807, 2.05) is 60.7 Å². The van der Waals surface area contributed by atoms with Crippen LogP contribution in [0.15, 0.2) is 76.3 Å². The van der Waals surface area contributed by atoms with Gasteiger partial charge in [0.2, 0.25) is 5.89 Å². The number of hydrogen-bond acceptors (Lipinski definition) is 7. The van der Waals surface area contributed by atoms with E-state index in [1.54, 1.807) is 6.08 Å². The van der Waals surface area contributed by atoms with Crippen LogP contribution in [0.1, 0.15) is 47.5 Å². The number of rotatable bonds is 6. The zero-order chi connectivity index (χ0) is 21.6. The van der Waals surface area contributed by atoms with Crippen LogP contribution in [0.5, 0.6) is 0 Å². The highest BCUT2D eigenvalue weighted by atomic mass is 32.2. The Balaban J connectivity index is 1.57. The number of aryl methyl sites for hydroxylation is 1. The van der Waals surface area contributed by atoms with Gasteiger partial charge in [0, 0.05) is 12.5 Å². The Hall–Kier alpha value is -3.23. The van der Waals surface area contributed by atoms with Gasteiger partial charge >= 0.3 is 0 Å². The lowest BCUT2D eigenvalue weighted by Gasteiger charge is -2.14. The maximum absolute atomic E-state index is 12.6. The summed E-state index contributed by atoms with van der Waals surface area (Å²) in [6.07, 6.45) is 4.81. The number of amides is 1. The van der Waals surface area contributed by atoms with E-state index in [-0.39, 0.29) is 17.2 Å². The number of aliphatic imine (C=N–C) groups is 1. The first-order chi connectivity index (χ1) is 15.2. The number of hydrazine groups is 1. The fourth-order valence-corrected chi connectivity index (χ4v) is 4.37. The van der Waals surface area contributed by atoms with E-state index in [2.05, 4.69) is 17.1 Å². The van der Waals surface area contributed by atoms with Gasteiger partial charge < -0.3 is 4.52 Å². The zero-order valence-electron chi connectivity index (χ0n) is 17.1. The first-order valence-electron chi connectivity index (χ1n) is 10.1. The summed E-state index contributed by atoms with van der Waals surface area (Å²) in [6.45, 7) is 2.06. The Morgan fingerprint density at radius 1 is 1.16 bits per heavy atom. The molecule has 31 heavy (non-hydrogen) atoms. The summed E-state index contributed by atoms with van der Waals surface area (Å²) in [7, 11) is 0. The Labute approximate surface area is 185 Å². The molecule has 1 aliphatic rings. The molecule has 158 valence electrons. The van der Waals surface area contributed by atoms with Gasteiger partial charge in [-0.1, -0.05) is 84.5 Å². The van der Waals surface area contributed by atoms with Crippen molar-refractivity contribution in [3.63, 3.8) is 0 Å². The third kappa shape index (κ3) is 4.92. The SMILES string of the molecule is CCCc1nc(C2SC(N(N)C(=O)/C=C/c3ccccc3)=NC2c2ccccc2)no1. The molecule has 2 atom stereocenters. The molecule has 0 spiro atoms. The molecule has 2 unspecified atom stereocenters. The molecule has 1 aromatic heterocycles. The molecule has 7 nitrogen and oxygen atoms in total. The van der Waals surface area contributed by atoms with Gasteiger partial charge in [-0.15, -0.1) is 0 Å². The van der Waals surface area contributed by atoms with E-state index < -0.39 is 0 Å². The molecule has 1 aliphatic heterocycles. The number of carbonyl (C=O) groups is 1. The molecular weight excluding hydrogens is 410 g/mol. The average molecular weight is 434 g/mol. The number of thioether (sulfide) groups is 1. The smallest absolute Gasteiger partial charge is 0.266 e. The van der Waals surface area contributed by atoms with Crippen LogP contribution in [0, 0.1) is 0 Å². The number of hydrogen-bond donors (Lipinski definition) is 1. The molecule has 0 saturated heterocycles. The number of nitrogens with two attached hydrogens (primary N) is 1. The molecule has 0 fully saturated rings. The van der Waals surface area contributed by atoms with Crippen LogP contribution in [0.4, 0.5) is 0 Å². The summed E-state index contributed by atoms with van der Waals surface area (Å²) in [4.78, 5) is 21.9. The van der Waals surface area contributed by atoms with Gasteiger partial charge in [-0.2, -0.15) is 4.98 Å². The molecular formula is C23H23N5O2S. The molecule has 0 aliphatic carbocycles. The molecule has 4 rings (SSSR count). The van der Waals surface area contributed by atoms with Crippen LogP contribution < -0.4 is 5.84 Å². The maximum atomic E-state index is 12.6. The van der Waals surface area contributed by atoms with Crippen molar-refractivity contribution in [2.75, 3.05) is 0 Å². The molecule has 1 amide bonds. The third-order valence-electron chi connectivity index (χ3n) is 4.77. The highest BCUT2D eigenvalue weighted by Gasteiger charge is 2.38. The van der Waals surface area contributed by atoms with Gasteiger partial charge in [0.25, 0.3) is 5.91 Å². The fourth-order valence-electron chi connectivity index (χ4n) is 3.21. The number of benzene rings is 2. The Morgan fingerprint density at radius 3 is 2.58 bits per heavy atom. The molecule has 0 bridgehead atoms. The van der Waals surface area contributed by atoms with Crippen LogP contribution in [-0.2, 0) is 11.2 Å². The Kier molecular flexibility index (Phi) is 6.59. The molecule has 3 aromatic rings. The van der Waals surface area contributed by atoms with Crippen molar-refractivity contribution < 1.29 is 9.32 Å². The second-order valence-corrected chi connectivity index (χ2v) is 8.16. The predicted octanol–water partition coefficient (Wildman–Crippen LogP) is 4.32. The van der Waals surface area contributed by atoms with Crippen LogP contribution >= 0.6 is 11.8 Å². The van der Waals surface area contributed by atoms with Gasteiger partial charge in [0.1, 0.15) is 5.25 Å². The first-order valence-corrected chi connectivity index (χ1v) is 11.0. The maximum Gasteiger partial charge on any atom is 0.266 e. The summed E-state index contributed by atoms with van der Waals surface area (Å²) < 4.78 is 5.38. The molecule has 2 heterocycles. The first kappa shape index (κ1) is 21.0. The number of amidine groups is 1. The normalized spacial score (nSPS) is 18.3. The molecule has 0 radical (unpaired) electrons. The average Bonchev–Trinajstić information content (AvgIpc) is 3.46. The van der Waals surface area contributed by atoms with Crippen molar-refractivity contribution in [1.82, 2.24) is 15.1 Å². The van der Waals surface area contributed by atoms with E-state index in [0.29, 0.717) is 16.9 Å². The minimum atomic E-state index is -0.359. The topological polar surface area (TPSA) is 97.6 Å². The standard InChI is InChI=1S/C23H23N5O2S/c1-2-9-18-25-22(27-30-18)21-20(17-12-7-4-8-13-17)26-23(31-21)28(24)19(29)15-14-16-10-5-3-6-11-16/h3-8,10-15,20-21H,2,9,24H2,1H3/b15-14+. The summed E-state index contributed by atoms with van der Waals surface area (Å²) in [5, 5.41) is 5.43. The van der Waals surface area contributed by atoms with Crippen molar-refractivity contribution >= 4 is 28.9 Å². The minimum absolute atomic E-state index is 0.233. The quantitative estimate of drug-likeness (QED) is 0.269. The zero-order valence-corrected chi connectivity index (χ0v) is 17.9. The Bertz CT molecular complexity index is 1080. The van der Waals surface area contributed by atoms with E-state index >= 15 is 0 Å². The summed E-state index contributed by atoms with van der Waals surface area (Å²) in [6, 6.07) is 19.2. The third-order valence-corrected chi connectivity index (χ3v) is 6.01. The van der Waals surface area contributed by atoms with E-state index in [9.17, 15) is 4.79 Å². The highest BCUT2D eigenvalue weighted by Crippen LogP contribution is 2.47. The van der Waals surface area contributed by atoms with E-state index in [4.69, 9.17) is 15.4 Å². The monoisotopic (exact) mass is 433 g/mol. The highest BCUT2D eigenvalue weighted by molar-refractivity contribution is 8.14. The van der Waals surface area contributed by atoms with Crippen LogP contribution in [0.2, 0.25) is 0 Å². The van der Waals surface area contributed by atoms with E-state index in [1.165, 1.54) is 17.8 Å². The van der Waals surface area contributed by atoms with Crippen molar-refractivity contribution in [2.45, 2.75) is 31.1 Å². The minimum Gasteiger partial charge on any atom is -0.339 e. The predicted molar refractivity (Wildman–Crippen MR) is 122 cm³/mol. The van der Waals surface area contributed by atoms with Crippen molar-refractivity contribution in [1.29, 1.82) is 0 Å². The largest absolute Gasteiger partial charge is 0.339 e. The van der Waals surface area contributed by atoms with Crippen LogP contribution in [0.25, 0.3) is 6.08 Å². The number of carbonyl (C=O) groups excluding carboxylic acids is 1. The van der Waals surface area contributed by atoms with Gasteiger partial charge in [0.05, 0.1) is 6.04 Å². The van der Waals surface area contributed by atoms with Crippen molar-refractivity contribution in [3.8, 4) is 0 Å². The van der Waals surface area contributed by atoms with Crippen LogP contribution in [-0.4, -0.2) is 26.2 Å². The van der Waals surface area contributed by atoms with Crippen molar-refractivity contribution in [2.24, 2.45) is 10.8 Å². The Morgan fingerprint density at radius 2 is 1.87 bits per heavy atom. The second-order valence-electron chi connectivity index (χ2n) is 7.05. The van der Waals surface area contributed by atoms with Gasteiger partial charge in [-0.3, -0.25) is 9.79 Å². The van der Waals surface area contributed by atoms with Gasteiger partial charge in [-0.05, 0) is 23.6 Å². The van der Waals surface area contributed by atoms with Crippen LogP contribution in [0.3, 0.4) is 0 Å². The molecule has 0 saturated carbocycles. The summed E-state index contributed by atoms with van der Waals surface area (Å²) in [5.41, 5.74) is 1.91. The summed E-state index contributed by atoms with van der Waals surface area (Å²) in [5.74, 6) is 6.94.